The van der Waals surface area contributed by atoms with Crippen LogP contribution in [0.1, 0.15) is 0 Å². The van der Waals surface area contributed by atoms with Crippen LogP contribution in [0.5, 0.6) is 11.5 Å². The first-order valence-electron chi connectivity index (χ1n) is 7.87. The summed E-state index contributed by atoms with van der Waals surface area (Å²) in [4.78, 5) is 11.7. The maximum Gasteiger partial charge on any atom is 0.258 e. The largest absolute Gasteiger partial charge is 0.492 e. The molecule has 3 rings (SSSR count). The van der Waals surface area contributed by atoms with Crippen molar-refractivity contribution in [3.8, 4) is 11.5 Å². The summed E-state index contributed by atoms with van der Waals surface area (Å²) in [6.07, 6.45) is 0. The minimum atomic E-state index is -0.166. The van der Waals surface area contributed by atoms with Crippen LogP contribution < -0.4 is 14.8 Å². The summed E-state index contributed by atoms with van der Waals surface area (Å²) in [7, 11) is 0. The summed E-state index contributed by atoms with van der Waals surface area (Å²) in [6.45, 7) is 0.846. The van der Waals surface area contributed by atoms with E-state index in [0.717, 1.165) is 11.1 Å². The van der Waals surface area contributed by atoms with Crippen LogP contribution >= 0.6 is 0 Å². The first-order chi connectivity index (χ1) is 11.8. The van der Waals surface area contributed by atoms with E-state index in [1.165, 1.54) is 5.39 Å². The van der Waals surface area contributed by atoms with Crippen LogP contribution in [0.2, 0.25) is 0 Å². The average molecular weight is 321 g/mol. The Morgan fingerprint density at radius 1 is 0.792 bits per heavy atom. The molecule has 0 heterocycles. The number of hydrogen-bond donors (Lipinski definition) is 1. The molecule has 0 aliphatic heterocycles. The van der Waals surface area contributed by atoms with Crippen molar-refractivity contribution in [3.63, 3.8) is 0 Å². The minimum Gasteiger partial charge on any atom is -0.492 e. The van der Waals surface area contributed by atoms with Gasteiger partial charge in [0.1, 0.15) is 18.1 Å². The molecule has 0 aliphatic carbocycles. The molecular formula is C20H19NO3. The highest BCUT2D eigenvalue weighted by Crippen LogP contribution is 2.20. The van der Waals surface area contributed by atoms with Crippen LogP contribution in [0, 0.1) is 0 Å². The molecule has 0 aromatic heterocycles. The Morgan fingerprint density at radius 3 is 2.38 bits per heavy atom. The van der Waals surface area contributed by atoms with E-state index in [4.69, 9.17) is 9.47 Å². The number of nitrogens with one attached hydrogen (secondary N) is 1. The van der Waals surface area contributed by atoms with Gasteiger partial charge in [-0.25, -0.2) is 0 Å². The van der Waals surface area contributed by atoms with Gasteiger partial charge in [0.05, 0.1) is 6.54 Å². The summed E-state index contributed by atoms with van der Waals surface area (Å²) >= 11 is 0. The van der Waals surface area contributed by atoms with Crippen molar-refractivity contribution in [1.82, 2.24) is 5.32 Å². The van der Waals surface area contributed by atoms with Crippen molar-refractivity contribution < 1.29 is 14.3 Å². The summed E-state index contributed by atoms with van der Waals surface area (Å²) in [5.41, 5.74) is 0. The van der Waals surface area contributed by atoms with Gasteiger partial charge in [-0.2, -0.15) is 0 Å². The Balaban J connectivity index is 1.39. The summed E-state index contributed by atoms with van der Waals surface area (Å²) in [5, 5.41) is 5.08. The Hall–Kier alpha value is -3.01. The van der Waals surface area contributed by atoms with Crippen LogP contribution in [0.25, 0.3) is 10.8 Å². The fourth-order valence-electron chi connectivity index (χ4n) is 2.33. The number of benzene rings is 3. The molecule has 1 N–H and O–H groups in total. The molecule has 0 atom stereocenters. The third-order valence-corrected chi connectivity index (χ3v) is 3.53. The average Bonchev–Trinajstić information content (AvgIpc) is 2.64. The highest BCUT2D eigenvalue weighted by atomic mass is 16.5. The number of para-hydroxylation sites is 1. The van der Waals surface area contributed by atoms with E-state index < -0.39 is 0 Å². The molecule has 4 heteroatoms. The molecule has 3 aromatic rings. The molecule has 24 heavy (non-hydrogen) atoms. The van der Waals surface area contributed by atoms with E-state index in [9.17, 15) is 4.79 Å². The van der Waals surface area contributed by atoms with Crippen molar-refractivity contribution in [3.05, 3.63) is 72.8 Å². The smallest absolute Gasteiger partial charge is 0.258 e. The zero-order valence-corrected chi connectivity index (χ0v) is 13.3. The van der Waals surface area contributed by atoms with Crippen molar-refractivity contribution >= 4 is 16.7 Å². The summed E-state index contributed by atoms with van der Waals surface area (Å²) < 4.78 is 11.1. The van der Waals surface area contributed by atoms with E-state index in [2.05, 4.69) is 11.4 Å². The Labute approximate surface area is 141 Å². The third-order valence-electron chi connectivity index (χ3n) is 3.53. The number of carbonyl (C=O) groups is 1. The Morgan fingerprint density at radius 2 is 1.54 bits per heavy atom. The van der Waals surface area contributed by atoms with E-state index in [1.54, 1.807) is 0 Å². The topological polar surface area (TPSA) is 47.6 Å². The van der Waals surface area contributed by atoms with Crippen LogP contribution in [0.4, 0.5) is 0 Å². The monoisotopic (exact) mass is 321 g/mol. The van der Waals surface area contributed by atoms with Gasteiger partial charge in [-0.1, -0.05) is 48.5 Å². The van der Waals surface area contributed by atoms with Gasteiger partial charge in [-0.3, -0.25) is 4.79 Å². The normalized spacial score (nSPS) is 10.3. The van der Waals surface area contributed by atoms with Gasteiger partial charge in [0.2, 0.25) is 0 Å². The summed E-state index contributed by atoms with van der Waals surface area (Å²) in [6, 6.07) is 23.3. The Bertz CT molecular complexity index is 802. The highest BCUT2D eigenvalue weighted by Gasteiger charge is 2.02. The first kappa shape index (κ1) is 15.9. The van der Waals surface area contributed by atoms with Gasteiger partial charge in [0.15, 0.2) is 6.61 Å². The van der Waals surface area contributed by atoms with Crippen molar-refractivity contribution in [1.29, 1.82) is 0 Å². The molecule has 3 aromatic carbocycles. The van der Waals surface area contributed by atoms with Gasteiger partial charge in [0.25, 0.3) is 5.91 Å². The number of carbonyl (C=O) groups excluding carboxylic acids is 1. The predicted molar refractivity (Wildman–Crippen MR) is 94.4 cm³/mol. The molecule has 0 spiro atoms. The molecule has 0 saturated heterocycles. The highest BCUT2D eigenvalue weighted by molar-refractivity contribution is 5.83. The maximum absolute atomic E-state index is 11.7. The molecule has 0 bridgehead atoms. The van der Waals surface area contributed by atoms with E-state index in [0.29, 0.717) is 18.9 Å². The molecule has 4 nitrogen and oxygen atoms in total. The molecule has 1 amide bonds. The lowest BCUT2D eigenvalue weighted by atomic mass is 10.1. The van der Waals surface area contributed by atoms with Crippen molar-refractivity contribution in [2.75, 3.05) is 19.8 Å². The van der Waals surface area contributed by atoms with Gasteiger partial charge in [-0.05, 0) is 35.0 Å². The number of hydrogen-bond acceptors (Lipinski definition) is 3. The standard InChI is InChI=1S/C20H19NO3/c22-20(15-24-18-8-2-1-3-9-18)21-12-13-23-19-11-10-16-6-4-5-7-17(16)14-19/h1-11,14H,12-13,15H2,(H,21,22). The van der Waals surface area contributed by atoms with Gasteiger partial charge < -0.3 is 14.8 Å². The molecule has 0 aliphatic rings. The molecule has 0 radical (unpaired) electrons. The molecule has 0 unspecified atom stereocenters. The van der Waals surface area contributed by atoms with E-state index in [-0.39, 0.29) is 12.5 Å². The van der Waals surface area contributed by atoms with Gasteiger partial charge in [-0.15, -0.1) is 0 Å². The van der Waals surface area contributed by atoms with Crippen LogP contribution in [-0.4, -0.2) is 25.7 Å². The lowest BCUT2D eigenvalue weighted by molar-refractivity contribution is -0.123. The Kier molecular flexibility index (Phi) is 5.30. The lowest BCUT2D eigenvalue weighted by Crippen LogP contribution is -2.32. The number of ether oxygens (including phenoxy) is 2. The molecule has 0 saturated carbocycles. The zero-order chi connectivity index (χ0) is 16.6. The second-order valence-corrected chi connectivity index (χ2v) is 5.31. The fourth-order valence-corrected chi connectivity index (χ4v) is 2.33. The van der Waals surface area contributed by atoms with E-state index >= 15 is 0 Å². The van der Waals surface area contributed by atoms with Gasteiger partial charge in [0, 0.05) is 0 Å². The van der Waals surface area contributed by atoms with Crippen molar-refractivity contribution in [2.24, 2.45) is 0 Å². The predicted octanol–water partition coefficient (Wildman–Crippen LogP) is 3.41. The number of amides is 1. The second kappa shape index (κ2) is 8.02. The fraction of sp³-hybridized carbons (Fsp3) is 0.150. The SMILES string of the molecule is O=C(COc1ccccc1)NCCOc1ccc2ccccc2c1. The quantitative estimate of drug-likeness (QED) is 0.678. The second-order valence-electron chi connectivity index (χ2n) is 5.31. The van der Waals surface area contributed by atoms with Gasteiger partial charge >= 0.3 is 0 Å². The molecule has 0 fully saturated rings. The van der Waals surface area contributed by atoms with Crippen LogP contribution in [-0.2, 0) is 4.79 Å². The van der Waals surface area contributed by atoms with Crippen molar-refractivity contribution in [2.45, 2.75) is 0 Å². The third kappa shape index (κ3) is 4.49. The maximum atomic E-state index is 11.7. The first-order valence-corrected chi connectivity index (χ1v) is 7.87. The molecular weight excluding hydrogens is 302 g/mol. The zero-order valence-electron chi connectivity index (χ0n) is 13.3. The number of rotatable bonds is 7. The van der Waals surface area contributed by atoms with E-state index in [1.807, 2.05) is 66.7 Å². The van der Waals surface area contributed by atoms with Crippen LogP contribution in [0.3, 0.4) is 0 Å². The minimum absolute atomic E-state index is 0.0000120. The lowest BCUT2D eigenvalue weighted by Gasteiger charge is -2.09. The summed E-state index contributed by atoms with van der Waals surface area (Å²) in [5.74, 6) is 1.31. The number of fused-ring (bicyclic) bond motifs is 1. The van der Waals surface area contributed by atoms with Crippen LogP contribution in [0.15, 0.2) is 72.8 Å². The molecule has 122 valence electrons.